The van der Waals surface area contributed by atoms with Crippen LogP contribution >= 0.6 is 44.3 Å². The number of halogens is 5. The van der Waals surface area contributed by atoms with Gasteiger partial charge in [0.2, 0.25) is 6.43 Å². The van der Waals surface area contributed by atoms with E-state index < -0.39 is 18.9 Å². The molecule has 0 saturated heterocycles. The van der Waals surface area contributed by atoms with Gasteiger partial charge in [0.1, 0.15) is 0 Å². The quantitative estimate of drug-likeness (QED) is 0.782. The molecule has 0 saturated carbocycles. The number of hydrogen-bond donors (Lipinski definition) is 2. The molecule has 0 amide bonds. The topological polar surface area (TPSA) is 52.0 Å². The SMILES string of the molecule is Cl.Nc1c(Br)cc(Br)cc1[C@@H](N)CC(F)F. The number of nitrogen functional groups attached to an aromatic ring is 1. The van der Waals surface area contributed by atoms with Crippen molar-refractivity contribution in [2.24, 2.45) is 5.73 Å². The first-order valence-corrected chi connectivity index (χ1v) is 5.78. The Morgan fingerprint density at radius 3 is 2.31 bits per heavy atom. The fourth-order valence-corrected chi connectivity index (χ4v) is 2.49. The van der Waals surface area contributed by atoms with Crippen LogP contribution in [0.25, 0.3) is 0 Å². The minimum absolute atomic E-state index is 0. The molecule has 4 N–H and O–H groups in total. The third-order valence-corrected chi connectivity index (χ3v) is 3.07. The van der Waals surface area contributed by atoms with Crippen molar-refractivity contribution in [3.63, 3.8) is 0 Å². The molecule has 16 heavy (non-hydrogen) atoms. The molecule has 7 heteroatoms. The molecule has 1 atom stereocenters. The minimum Gasteiger partial charge on any atom is -0.398 e. The molecule has 0 heterocycles. The third-order valence-electron chi connectivity index (χ3n) is 1.96. The highest BCUT2D eigenvalue weighted by Gasteiger charge is 2.17. The van der Waals surface area contributed by atoms with Crippen LogP contribution in [0.1, 0.15) is 18.0 Å². The molecule has 0 radical (unpaired) electrons. The first kappa shape index (κ1) is 16.1. The minimum atomic E-state index is -2.43. The Morgan fingerprint density at radius 1 is 1.25 bits per heavy atom. The predicted molar refractivity (Wildman–Crippen MR) is 71.1 cm³/mol. The highest BCUT2D eigenvalue weighted by atomic mass is 79.9. The van der Waals surface area contributed by atoms with Crippen LogP contribution in [-0.4, -0.2) is 6.43 Å². The first-order valence-electron chi connectivity index (χ1n) is 4.20. The van der Waals surface area contributed by atoms with Gasteiger partial charge in [0.25, 0.3) is 0 Å². The van der Waals surface area contributed by atoms with Crippen molar-refractivity contribution in [1.29, 1.82) is 0 Å². The number of alkyl halides is 2. The lowest BCUT2D eigenvalue weighted by molar-refractivity contribution is 0.128. The Balaban J connectivity index is 0.00000225. The van der Waals surface area contributed by atoms with E-state index in [9.17, 15) is 8.78 Å². The Bertz CT molecular complexity index is 364. The predicted octanol–water partition coefficient (Wildman–Crippen LogP) is 3.87. The van der Waals surface area contributed by atoms with E-state index in [-0.39, 0.29) is 12.4 Å². The van der Waals surface area contributed by atoms with Crippen LogP contribution in [0, 0.1) is 0 Å². The molecule has 1 aromatic carbocycles. The van der Waals surface area contributed by atoms with Crippen LogP contribution in [0.3, 0.4) is 0 Å². The fourth-order valence-electron chi connectivity index (χ4n) is 1.23. The lowest BCUT2D eigenvalue weighted by atomic mass is 10.0. The molecule has 1 rings (SSSR count). The highest BCUT2D eigenvalue weighted by molar-refractivity contribution is 9.11. The lowest BCUT2D eigenvalue weighted by Gasteiger charge is -2.15. The fraction of sp³-hybridized carbons (Fsp3) is 0.333. The normalized spacial score (nSPS) is 12.4. The maximum absolute atomic E-state index is 12.2. The van der Waals surface area contributed by atoms with Gasteiger partial charge in [-0.25, -0.2) is 8.78 Å². The van der Waals surface area contributed by atoms with Crippen molar-refractivity contribution in [3.05, 3.63) is 26.6 Å². The third kappa shape index (κ3) is 4.16. The summed E-state index contributed by atoms with van der Waals surface area (Å²) in [5, 5.41) is 0. The van der Waals surface area contributed by atoms with E-state index in [1.54, 1.807) is 12.1 Å². The summed E-state index contributed by atoms with van der Waals surface area (Å²) in [6.07, 6.45) is -2.83. The van der Waals surface area contributed by atoms with Crippen LogP contribution in [0.15, 0.2) is 21.1 Å². The number of rotatable bonds is 3. The van der Waals surface area contributed by atoms with Gasteiger partial charge in [0.05, 0.1) is 5.69 Å². The van der Waals surface area contributed by atoms with Gasteiger partial charge in [-0.2, -0.15) is 0 Å². The molecule has 0 aromatic heterocycles. The van der Waals surface area contributed by atoms with Crippen LogP contribution in [0.5, 0.6) is 0 Å². The molecular weight excluding hydrogens is 369 g/mol. The summed E-state index contributed by atoms with van der Waals surface area (Å²) in [6.45, 7) is 0. The Labute approximate surface area is 115 Å². The zero-order chi connectivity index (χ0) is 11.6. The molecule has 0 fully saturated rings. The summed E-state index contributed by atoms with van der Waals surface area (Å²) in [4.78, 5) is 0. The summed E-state index contributed by atoms with van der Waals surface area (Å²) < 4.78 is 25.7. The van der Waals surface area contributed by atoms with Gasteiger partial charge in [0.15, 0.2) is 0 Å². The average molecular weight is 380 g/mol. The van der Waals surface area contributed by atoms with Crippen LogP contribution in [0.4, 0.5) is 14.5 Å². The summed E-state index contributed by atoms with van der Waals surface area (Å²) in [5.74, 6) is 0. The molecule has 0 unspecified atom stereocenters. The molecule has 0 aliphatic carbocycles. The van der Waals surface area contributed by atoms with Gasteiger partial charge in [-0.05, 0) is 33.6 Å². The van der Waals surface area contributed by atoms with Crippen molar-refractivity contribution in [1.82, 2.24) is 0 Å². The van der Waals surface area contributed by atoms with Gasteiger partial charge in [-0.15, -0.1) is 12.4 Å². The Morgan fingerprint density at radius 2 is 1.81 bits per heavy atom. The van der Waals surface area contributed by atoms with Crippen LogP contribution in [-0.2, 0) is 0 Å². The average Bonchev–Trinajstić information content (AvgIpc) is 2.09. The van der Waals surface area contributed by atoms with Crippen molar-refractivity contribution in [2.45, 2.75) is 18.9 Å². The van der Waals surface area contributed by atoms with Crippen LogP contribution in [0.2, 0.25) is 0 Å². The second-order valence-electron chi connectivity index (χ2n) is 3.12. The largest absolute Gasteiger partial charge is 0.398 e. The monoisotopic (exact) mass is 378 g/mol. The van der Waals surface area contributed by atoms with Gasteiger partial charge in [-0.1, -0.05) is 15.9 Å². The summed E-state index contributed by atoms with van der Waals surface area (Å²) in [6, 6.07) is 2.65. The van der Waals surface area contributed by atoms with Gasteiger partial charge in [0, 0.05) is 21.4 Å². The molecular formula is C9H11Br2ClF2N2. The Kier molecular flexibility index (Phi) is 6.77. The zero-order valence-corrected chi connectivity index (χ0v) is 12.1. The van der Waals surface area contributed by atoms with E-state index in [4.69, 9.17) is 11.5 Å². The molecule has 0 bridgehead atoms. The summed E-state index contributed by atoms with van der Waals surface area (Å²) >= 11 is 6.49. The van der Waals surface area contributed by atoms with E-state index in [1.807, 2.05) is 0 Å². The number of nitrogens with two attached hydrogens (primary N) is 2. The molecule has 92 valence electrons. The van der Waals surface area contributed by atoms with Crippen LogP contribution < -0.4 is 11.5 Å². The maximum atomic E-state index is 12.2. The Hall–Kier alpha value is 0.0900. The van der Waals surface area contributed by atoms with Gasteiger partial charge < -0.3 is 11.5 Å². The first-order chi connectivity index (χ1) is 6.91. The molecule has 2 nitrogen and oxygen atoms in total. The van der Waals surface area contributed by atoms with E-state index in [1.165, 1.54) is 0 Å². The summed E-state index contributed by atoms with van der Waals surface area (Å²) in [5.41, 5.74) is 12.3. The lowest BCUT2D eigenvalue weighted by Crippen LogP contribution is -2.16. The molecule has 0 aliphatic heterocycles. The molecule has 1 aromatic rings. The smallest absolute Gasteiger partial charge is 0.240 e. The van der Waals surface area contributed by atoms with Crippen molar-refractivity contribution in [2.75, 3.05) is 5.73 Å². The van der Waals surface area contributed by atoms with Gasteiger partial charge >= 0.3 is 0 Å². The van der Waals surface area contributed by atoms with Crippen molar-refractivity contribution >= 4 is 50.0 Å². The second kappa shape index (κ2) is 6.74. The van der Waals surface area contributed by atoms with E-state index in [0.717, 1.165) is 4.47 Å². The van der Waals surface area contributed by atoms with Crippen molar-refractivity contribution in [3.8, 4) is 0 Å². The number of benzene rings is 1. The van der Waals surface area contributed by atoms with E-state index in [2.05, 4.69) is 31.9 Å². The second-order valence-corrected chi connectivity index (χ2v) is 4.89. The highest BCUT2D eigenvalue weighted by Crippen LogP contribution is 2.32. The number of anilines is 1. The molecule has 0 aliphatic rings. The van der Waals surface area contributed by atoms with Crippen molar-refractivity contribution < 1.29 is 8.78 Å². The van der Waals surface area contributed by atoms with E-state index >= 15 is 0 Å². The zero-order valence-electron chi connectivity index (χ0n) is 8.09. The standard InChI is InChI=1S/C9H10Br2F2N2.ClH/c10-4-1-5(7(14)3-8(12)13)9(15)6(11)2-4;/h1-2,7-8H,3,14-15H2;1H/t7-;/m0./s1. The maximum Gasteiger partial charge on any atom is 0.240 e. The van der Waals surface area contributed by atoms with Gasteiger partial charge in [-0.3, -0.25) is 0 Å². The van der Waals surface area contributed by atoms with E-state index in [0.29, 0.717) is 15.7 Å². The summed E-state index contributed by atoms with van der Waals surface area (Å²) in [7, 11) is 0. The molecule has 0 spiro atoms. The number of hydrogen-bond acceptors (Lipinski definition) is 2.